The third-order valence-corrected chi connectivity index (χ3v) is 4.27. The lowest BCUT2D eigenvalue weighted by atomic mass is 9.94. The van der Waals surface area contributed by atoms with E-state index in [1.165, 1.54) is 0 Å². The number of rotatable bonds is 3. The Balaban J connectivity index is 1.79. The average Bonchev–Trinajstić information content (AvgIpc) is 2.99. The molecule has 2 N–H and O–H groups in total. The Labute approximate surface area is 148 Å². The van der Waals surface area contributed by atoms with E-state index in [2.05, 4.69) is 23.2 Å². The van der Waals surface area contributed by atoms with Crippen molar-refractivity contribution < 1.29 is 9.53 Å². The molecule has 1 amide bonds. The molecule has 1 unspecified atom stereocenters. The number of amides is 1. The molecule has 0 spiro atoms. The first-order valence-electron chi connectivity index (χ1n) is 8.58. The first kappa shape index (κ1) is 17.4. The summed E-state index contributed by atoms with van der Waals surface area (Å²) < 4.78 is 5.47. The zero-order valence-corrected chi connectivity index (χ0v) is 15.0. The van der Waals surface area contributed by atoms with Gasteiger partial charge in [0.25, 0.3) is 0 Å². The molecule has 132 valence electrons. The highest BCUT2D eigenvalue weighted by Gasteiger charge is 2.28. The lowest BCUT2D eigenvalue weighted by Crippen LogP contribution is -2.33. The van der Waals surface area contributed by atoms with Gasteiger partial charge in [0.15, 0.2) is 0 Å². The minimum atomic E-state index is -0.493. The molecule has 0 saturated carbocycles. The number of hydrogen-bond acceptors (Lipinski definition) is 4. The normalized spacial score (nSPS) is 15.0. The van der Waals surface area contributed by atoms with Crippen LogP contribution >= 0.6 is 0 Å². The maximum Gasteiger partial charge on any atom is 0.410 e. The van der Waals surface area contributed by atoms with E-state index in [-0.39, 0.29) is 12.0 Å². The van der Waals surface area contributed by atoms with Gasteiger partial charge in [-0.3, -0.25) is 9.88 Å². The zero-order chi connectivity index (χ0) is 18.0. The van der Waals surface area contributed by atoms with Gasteiger partial charge in [0.05, 0.1) is 6.54 Å². The van der Waals surface area contributed by atoms with E-state index in [4.69, 9.17) is 10.5 Å². The SMILES string of the molecule is CC(C)(C)OC(=O)N1Cc2cnc(C(CN)c3ccccc3)cc2C1. The van der Waals surface area contributed by atoms with E-state index in [9.17, 15) is 4.79 Å². The van der Waals surface area contributed by atoms with Crippen molar-refractivity contribution in [2.75, 3.05) is 6.54 Å². The predicted octanol–water partition coefficient (Wildman–Crippen LogP) is 3.42. The molecule has 0 fully saturated rings. The van der Waals surface area contributed by atoms with E-state index in [1.54, 1.807) is 4.90 Å². The Morgan fingerprint density at radius 1 is 1.24 bits per heavy atom. The fourth-order valence-corrected chi connectivity index (χ4v) is 3.06. The topological polar surface area (TPSA) is 68.5 Å². The van der Waals surface area contributed by atoms with E-state index < -0.39 is 5.60 Å². The van der Waals surface area contributed by atoms with Crippen molar-refractivity contribution in [2.24, 2.45) is 5.73 Å². The smallest absolute Gasteiger partial charge is 0.410 e. The van der Waals surface area contributed by atoms with Crippen LogP contribution in [0.1, 0.15) is 49.1 Å². The monoisotopic (exact) mass is 339 g/mol. The van der Waals surface area contributed by atoms with Gasteiger partial charge < -0.3 is 10.5 Å². The van der Waals surface area contributed by atoms with Crippen LogP contribution in [0.5, 0.6) is 0 Å². The van der Waals surface area contributed by atoms with Crippen molar-refractivity contribution >= 4 is 6.09 Å². The molecule has 0 radical (unpaired) electrons. The number of hydrogen-bond donors (Lipinski definition) is 1. The van der Waals surface area contributed by atoms with Crippen LogP contribution in [0.3, 0.4) is 0 Å². The number of carbonyl (C=O) groups excluding carboxylic acids is 1. The lowest BCUT2D eigenvalue weighted by molar-refractivity contribution is 0.0242. The molecule has 1 aromatic heterocycles. The molecule has 2 heterocycles. The summed E-state index contributed by atoms with van der Waals surface area (Å²) in [5.74, 6) is 0.0575. The van der Waals surface area contributed by atoms with Gasteiger partial charge in [-0.05, 0) is 43.5 Å². The van der Waals surface area contributed by atoms with Crippen LogP contribution in [-0.4, -0.2) is 28.1 Å². The maximum absolute atomic E-state index is 12.3. The van der Waals surface area contributed by atoms with Crippen LogP contribution in [0.4, 0.5) is 4.79 Å². The van der Waals surface area contributed by atoms with Gasteiger partial charge in [0.2, 0.25) is 0 Å². The van der Waals surface area contributed by atoms with Crippen molar-refractivity contribution in [1.82, 2.24) is 9.88 Å². The molecule has 25 heavy (non-hydrogen) atoms. The molecule has 1 aromatic carbocycles. The molecular formula is C20H25N3O2. The average molecular weight is 339 g/mol. The van der Waals surface area contributed by atoms with E-state index >= 15 is 0 Å². The summed E-state index contributed by atoms with van der Waals surface area (Å²) in [6.45, 7) is 7.20. The van der Waals surface area contributed by atoms with Crippen LogP contribution in [-0.2, 0) is 17.8 Å². The summed E-state index contributed by atoms with van der Waals surface area (Å²) in [6, 6.07) is 12.2. The zero-order valence-electron chi connectivity index (χ0n) is 15.0. The number of nitrogens with zero attached hydrogens (tertiary/aromatic N) is 2. The predicted molar refractivity (Wildman–Crippen MR) is 97.1 cm³/mol. The molecular weight excluding hydrogens is 314 g/mol. The van der Waals surface area contributed by atoms with Crippen LogP contribution in [0, 0.1) is 0 Å². The number of benzene rings is 1. The molecule has 1 aliphatic heterocycles. The molecule has 2 aromatic rings. The first-order chi connectivity index (χ1) is 11.9. The quantitative estimate of drug-likeness (QED) is 0.930. The number of pyridine rings is 1. The summed E-state index contributed by atoms with van der Waals surface area (Å²) in [4.78, 5) is 18.6. The number of carbonyl (C=O) groups is 1. The third kappa shape index (κ3) is 3.99. The fourth-order valence-electron chi connectivity index (χ4n) is 3.06. The molecule has 1 atom stereocenters. The lowest BCUT2D eigenvalue weighted by Gasteiger charge is -2.24. The summed E-state index contributed by atoms with van der Waals surface area (Å²) in [5, 5.41) is 0. The summed E-state index contributed by atoms with van der Waals surface area (Å²) in [6.07, 6.45) is 1.57. The van der Waals surface area contributed by atoms with E-state index in [0.717, 1.165) is 22.4 Å². The van der Waals surface area contributed by atoms with E-state index in [1.807, 2.05) is 45.2 Å². The van der Waals surface area contributed by atoms with Gasteiger partial charge in [-0.15, -0.1) is 0 Å². The molecule has 0 saturated heterocycles. The minimum Gasteiger partial charge on any atom is -0.444 e. The molecule has 0 aliphatic carbocycles. The van der Waals surface area contributed by atoms with Gasteiger partial charge in [0.1, 0.15) is 5.60 Å². The summed E-state index contributed by atoms with van der Waals surface area (Å²) in [5.41, 5.74) is 9.79. The van der Waals surface area contributed by atoms with Crippen LogP contribution in [0.15, 0.2) is 42.6 Å². The molecule has 0 bridgehead atoms. The summed E-state index contributed by atoms with van der Waals surface area (Å²) >= 11 is 0. The van der Waals surface area contributed by atoms with Gasteiger partial charge in [-0.1, -0.05) is 30.3 Å². The van der Waals surface area contributed by atoms with Crippen molar-refractivity contribution in [3.8, 4) is 0 Å². The van der Waals surface area contributed by atoms with Crippen LogP contribution in [0.25, 0.3) is 0 Å². The van der Waals surface area contributed by atoms with Crippen LogP contribution in [0.2, 0.25) is 0 Å². The second-order valence-corrected chi connectivity index (χ2v) is 7.41. The largest absolute Gasteiger partial charge is 0.444 e. The van der Waals surface area contributed by atoms with E-state index in [0.29, 0.717) is 19.6 Å². The van der Waals surface area contributed by atoms with Crippen LogP contribution < -0.4 is 5.73 Å². The first-order valence-corrected chi connectivity index (χ1v) is 8.58. The maximum atomic E-state index is 12.3. The number of ether oxygens (including phenoxy) is 1. The second-order valence-electron chi connectivity index (χ2n) is 7.41. The Morgan fingerprint density at radius 3 is 2.56 bits per heavy atom. The number of nitrogens with two attached hydrogens (primary N) is 1. The Morgan fingerprint density at radius 2 is 1.92 bits per heavy atom. The van der Waals surface area contributed by atoms with Gasteiger partial charge in [0, 0.05) is 30.9 Å². The molecule has 1 aliphatic rings. The number of aromatic nitrogens is 1. The highest BCUT2D eigenvalue weighted by molar-refractivity contribution is 5.69. The van der Waals surface area contributed by atoms with Gasteiger partial charge >= 0.3 is 6.09 Å². The minimum absolute atomic E-state index is 0.0575. The Hall–Kier alpha value is -2.40. The van der Waals surface area contributed by atoms with Crippen molar-refractivity contribution in [1.29, 1.82) is 0 Å². The molecule has 5 nitrogen and oxygen atoms in total. The van der Waals surface area contributed by atoms with Crippen molar-refractivity contribution in [3.63, 3.8) is 0 Å². The Kier molecular flexibility index (Phi) is 4.77. The molecule has 5 heteroatoms. The standard InChI is InChI=1S/C20H25N3O2/c1-20(2,3)25-19(24)23-12-15-9-18(22-11-16(15)13-23)17(10-21)14-7-5-4-6-8-14/h4-9,11,17H,10,12-13,21H2,1-3H3. The second kappa shape index (κ2) is 6.84. The summed E-state index contributed by atoms with van der Waals surface area (Å²) in [7, 11) is 0. The third-order valence-electron chi connectivity index (χ3n) is 4.27. The Bertz CT molecular complexity index is 753. The van der Waals surface area contributed by atoms with Gasteiger partial charge in [-0.25, -0.2) is 4.79 Å². The van der Waals surface area contributed by atoms with Crippen molar-refractivity contribution in [3.05, 3.63) is 65.0 Å². The number of fused-ring (bicyclic) bond motifs is 1. The van der Waals surface area contributed by atoms with Crippen molar-refractivity contribution in [2.45, 2.75) is 45.4 Å². The fraction of sp³-hybridized carbons (Fsp3) is 0.400. The molecule has 3 rings (SSSR count). The highest BCUT2D eigenvalue weighted by atomic mass is 16.6. The highest BCUT2D eigenvalue weighted by Crippen LogP contribution is 2.28. The van der Waals surface area contributed by atoms with Gasteiger partial charge in [-0.2, -0.15) is 0 Å².